The van der Waals surface area contributed by atoms with Crippen molar-refractivity contribution in [2.45, 2.75) is 20.0 Å². The Morgan fingerprint density at radius 3 is 2.33 bits per heavy atom. The number of aryl methyl sites for hydroxylation is 1. The maximum atomic E-state index is 6.13. The number of hydrogen-bond acceptors (Lipinski definition) is 0. The van der Waals surface area contributed by atoms with Crippen LogP contribution in [0.3, 0.4) is 0 Å². The molecule has 0 saturated carbocycles. The van der Waals surface area contributed by atoms with Crippen LogP contribution in [-0.2, 0) is 13.1 Å². The third-order valence-electron chi connectivity index (χ3n) is 2.88. The summed E-state index contributed by atoms with van der Waals surface area (Å²) in [5.41, 5.74) is 3.73. The molecule has 0 atom stereocenters. The summed E-state index contributed by atoms with van der Waals surface area (Å²) in [5.74, 6) is 0. The summed E-state index contributed by atoms with van der Waals surface area (Å²) in [4.78, 5) is 0. The van der Waals surface area contributed by atoms with E-state index >= 15 is 0 Å². The van der Waals surface area contributed by atoms with Gasteiger partial charge in [-0.1, -0.05) is 59.1 Å². The van der Waals surface area contributed by atoms with E-state index in [2.05, 4.69) is 36.5 Å². The van der Waals surface area contributed by atoms with Crippen LogP contribution in [0.4, 0.5) is 0 Å². The molecule has 18 heavy (non-hydrogen) atoms. The van der Waals surface area contributed by atoms with Gasteiger partial charge in [0.05, 0.1) is 5.02 Å². The Hall–Kier alpha value is -1.02. The first-order chi connectivity index (χ1) is 8.65. The summed E-state index contributed by atoms with van der Waals surface area (Å²) in [6.07, 6.45) is 0. The molecule has 0 radical (unpaired) electrons. The lowest BCUT2D eigenvalue weighted by Gasteiger charge is -2.05. The van der Waals surface area contributed by atoms with Crippen LogP contribution >= 0.6 is 23.2 Å². The highest BCUT2D eigenvalue weighted by atomic mass is 35.5. The Balaban J connectivity index is 1.90. The molecule has 0 unspecified atom stereocenters. The van der Waals surface area contributed by atoms with E-state index < -0.39 is 0 Å². The molecule has 2 N–H and O–H groups in total. The van der Waals surface area contributed by atoms with Gasteiger partial charge in [-0.25, -0.2) is 0 Å². The zero-order valence-corrected chi connectivity index (χ0v) is 11.8. The Morgan fingerprint density at radius 1 is 0.944 bits per heavy atom. The molecule has 0 saturated heterocycles. The van der Waals surface area contributed by atoms with Gasteiger partial charge in [-0.15, -0.1) is 0 Å². The van der Waals surface area contributed by atoms with Crippen molar-refractivity contribution in [2.24, 2.45) is 0 Å². The largest absolute Gasteiger partial charge is 0.339 e. The van der Waals surface area contributed by atoms with Gasteiger partial charge in [0.15, 0.2) is 0 Å². The second kappa shape index (κ2) is 6.24. The quantitative estimate of drug-likeness (QED) is 0.882. The van der Waals surface area contributed by atoms with E-state index in [0.29, 0.717) is 5.02 Å². The first-order valence-electron chi connectivity index (χ1n) is 5.96. The lowest BCUT2D eigenvalue weighted by atomic mass is 10.1. The van der Waals surface area contributed by atoms with Gasteiger partial charge < -0.3 is 5.32 Å². The maximum absolute atomic E-state index is 6.13. The van der Waals surface area contributed by atoms with Crippen LogP contribution in [0.25, 0.3) is 0 Å². The van der Waals surface area contributed by atoms with E-state index in [0.717, 1.165) is 23.7 Å². The zero-order valence-electron chi connectivity index (χ0n) is 10.3. The molecule has 2 aromatic carbocycles. The average Bonchev–Trinajstić information content (AvgIpc) is 2.34. The molecule has 0 bridgehead atoms. The topological polar surface area (TPSA) is 16.6 Å². The summed E-state index contributed by atoms with van der Waals surface area (Å²) < 4.78 is 0. The van der Waals surface area contributed by atoms with Crippen LogP contribution < -0.4 is 5.32 Å². The van der Waals surface area contributed by atoms with Crippen LogP contribution in [0, 0.1) is 6.92 Å². The summed E-state index contributed by atoms with van der Waals surface area (Å²) in [6.45, 7) is 3.92. The van der Waals surface area contributed by atoms with Gasteiger partial charge in [0, 0.05) is 16.1 Å². The number of hydrogen-bond donors (Lipinski definition) is 1. The predicted molar refractivity (Wildman–Crippen MR) is 77.0 cm³/mol. The van der Waals surface area contributed by atoms with Crippen LogP contribution in [0.5, 0.6) is 0 Å². The molecule has 0 aliphatic carbocycles. The maximum Gasteiger partial charge on any atom is 0.103 e. The first-order valence-corrected chi connectivity index (χ1v) is 6.72. The lowest BCUT2D eigenvalue weighted by Crippen LogP contribution is -2.80. The SMILES string of the molecule is Cc1ccc(C[NH2+]Cc2ccc(Cl)cc2Cl)cc1. The highest BCUT2D eigenvalue weighted by Gasteiger charge is 2.03. The van der Waals surface area contributed by atoms with Crippen molar-refractivity contribution in [2.75, 3.05) is 0 Å². The van der Waals surface area contributed by atoms with Crippen molar-refractivity contribution in [3.63, 3.8) is 0 Å². The van der Waals surface area contributed by atoms with Gasteiger partial charge in [-0.3, -0.25) is 0 Å². The minimum atomic E-state index is 0.683. The van der Waals surface area contributed by atoms with Crippen molar-refractivity contribution in [1.82, 2.24) is 0 Å². The number of rotatable bonds is 4. The minimum Gasteiger partial charge on any atom is -0.339 e. The van der Waals surface area contributed by atoms with E-state index in [-0.39, 0.29) is 0 Å². The molecule has 1 nitrogen and oxygen atoms in total. The molecule has 0 aliphatic rings. The summed E-state index contributed by atoms with van der Waals surface area (Å²) in [6, 6.07) is 14.2. The van der Waals surface area contributed by atoms with E-state index in [1.165, 1.54) is 11.1 Å². The molecular weight excluding hydrogens is 265 g/mol. The monoisotopic (exact) mass is 280 g/mol. The van der Waals surface area contributed by atoms with E-state index in [9.17, 15) is 0 Å². The predicted octanol–water partition coefficient (Wildman–Crippen LogP) is 3.57. The third kappa shape index (κ3) is 3.74. The van der Waals surface area contributed by atoms with Crippen LogP contribution in [0.1, 0.15) is 16.7 Å². The highest BCUT2D eigenvalue weighted by molar-refractivity contribution is 6.35. The average molecular weight is 281 g/mol. The fourth-order valence-corrected chi connectivity index (χ4v) is 2.29. The molecule has 0 aromatic heterocycles. The van der Waals surface area contributed by atoms with Gasteiger partial charge in [-0.05, 0) is 19.1 Å². The van der Waals surface area contributed by atoms with Gasteiger partial charge >= 0.3 is 0 Å². The molecule has 2 aromatic rings. The fraction of sp³-hybridized carbons (Fsp3) is 0.200. The Bertz CT molecular complexity index is 521. The second-order valence-corrected chi connectivity index (χ2v) is 5.26. The van der Waals surface area contributed by atoms with Gasteiger partial charge in [0.1, 0.15) is 13.1 Å². The number of halogens is 2. The van der Waals surface area contributed by atoms with Crippen LogP contribution in [0.2, 0.25) is 10.0 Å². The van der Waals surface area contributed by atoms with E-state index in [4.69, 9.17) is 23.2 Å². The Kier molecular flexibility index (Phi) is 4.65. The summed E-state index contributed by atoms with van der Waals surface area (Å²) in [5, 5.41) is 3.66. The van der Waals surface area contributed by atoms with Crippen LogP contribution in [-0.4, -0.2) is 0 Å². The van der Waals surface area contributed by atoms with E-state index in [1.807, 2.05) is 12.1 Å². The molecule has 0 spiro atoms. The molecule has 0 aliphatic heterocycles. The van der Waals surface area contributed by atoms with Crippen molar-refractivity contribution in [1.29, 1.82) is 0 Å². The summed E-state index contributed by atoms with van der Waals surface area (Å²) >= 11 is 12.0. The number of benzene rings is 2. The standard InChI is InChI=1S/C15H15Cl2N/c1-11-2-4-12(5-3-11)9-18-10-13-6-7-14(16)8-15(13)17/h2-8,18H,9-10H2,1H3/p+1. The number of nitrogens with two attached hydrogens (primary N) is 1. The molecule has 0 amide bonds. The molecule has 2 rings (SSSR count). The smallest absolute Gasteiger partial charge is 0.103 e. The highest BCUT2D eigenvalue weighted by Crippen LogP contribution is 2.19. The van der Waals surface area contributed by atoms with Gasteiger partial charge in [0.2, 0.25) is 0 Å². The summed E-state index contributed by atoms with van der Waals surface area (Å²) in [7, 11) is 0. The normalized spacial score (nSPS) is 10.6. The second-order valence-electron chi connectivity index (χ2n) is 4.42. The van der Waals surface area contributed by atoms with E-state index in [1.54, 1.807) is 6.07 Å². The first kappa shape index (κ1) is 13.4. The Labute approximate surface area is 118 Å². The number of quaternary nitrogens is 1. The van der Waals surface area contributed by atoms with Gasteiger partial charge in [-0.2, -0.15) is 0 Å². The molecule has 94 valence electrons. The minimum absolute atomic E-state index is 0.683. The molecule has 3 heteroatoms. The van der Waals surface area contributed by atoms with Crippen molar-refractivity contribution < 1.29 is 5.32 Å². The van der Waals surface area contributed by atoms with Crippen molar-refractivity contribution in [3.05, 3.63) is 69.2 Å². The lowest BCUT2D eigenvalue weighted by molar-refractivity contribution is -0.686. The third-order valence-corrected chi connectivity index (χ3v) is 3.47. The Morgan fingerprint density at radius 2 is 1.67 bits per heavy atom. The molecular formula is C15H16Cl2N+. The molecule has 0 fully saturated rings. The van der Waals surface area contributed by atoms with Gasteiger partial charge in [0.25, 0.3) is 0 Å². The van der Waals surface area contributed by atoms with Crippen molar-refractivity contribution >= 4 is 23.2 Å². The zero-order chi connectivity index (χ0) is 13.0. The fourth-order valence-electron chi connectivity index (χ4n) is 1.81. The van der Waals surface area contributed by atoms with Crippen molar-refractivity contribution in [3.8, 4) is 0 Å². The van der Waals surface area contributed by atoms with Crippen LogP contribution in [0.15, 0.2) is 42.5 Å². The molecule has 0 heterocycles.